The molecule has 0 spiro atoms. The number of nitrogens with zero attached hydrogens (tertiary/aromatic N) is 2. The molecule has 1 amide bonds. The molecule has 1 aliphatic carbocycles. The number of anilines is 1. The average molecular weight is 260 g/mol. The molecule has 1 aromatic carbocycles. The Morgan fingerprint density at radius 2 is 2.21 bits per heavy atom. The van der Waals surface area contributed by atoms with E-state index in [1.807, 2.05) is 24.3 Å². The highest BCUT2D eigenvalue weighted by Crippen LogP contribution is 2.31. The number of benzene rings is 1. The fourth-order valence-corrected chi connectivity index (χ4v) is 2.31. The number of hydrogen-bond donors (Lipinski definition) is 3. The van der Waals surface area contributed by atoms with E-state index in [1.54, 1.807) is 0 Å². The van der Waals surface area contributed by atoms with E-state index in [2.05, 4.69) is 20.3 Å². The zero-order chi connectivity index (χ0) is 13.4. The van der Waals surface area contributed by atoms with Crippen molar-refractivity contribution in [3.8, 4) is 0 Å². The van der Waals surface area contributed by atoms with Crippen molar-refractivity contribution >= 4 is 11.7 Å². The van der Waals surface area contributed by atoms with Crippen LogP contribution in [0.2, 0.25) is 0 Å². The van der Waals surface area contributed by atoms with Crippen LogP contribution >= 0.6 is 0 Å². The van der Waals surface area contributed by atoms with E-state index < -0.39 is 18.1 Å². The standard InChI is InChI=1S/C12H12N4O3/c13-11-10(15-19-16-11)12(18)14-9-7-4-2-1-3-6(7)5-8(9)17/h1-4,8-9,17H,5H2,(H2,13,16)(H,14,18)/t8-,9+/m0/s1. The Balaban J connectivity index is 1.84. The average Bonchev–Trinajstić information content (AvgIpc) is 2.94. The van der Waals surface area contributed by atoms with Gasteiger partial charge in [0.15, 0.2) is 0 Å². The molecule has 0 radical (unpaired) electrons. The smallest absolute Gasteiger partial charge is 0.278 e. The van der Waals surface area contributed by atoms with E-state index in [0.29, 0.717) is 6.42 Å². The highest BCUT2D eigenvalue weighted by Gasteiger charge is 2.33. The van der Waals surface area contributed by atoms with Gasteiger partial charge in [-0.25, -0.2) is 4.63 Å². The summed E-state index contributed by atoms with van der Waals surface area (Å²) in [5.74, 6) is -0.585. The number of carbonyl (C=O) groups is 1. The zero-order valence-electron chi connectivity index (χ0n) is 9.91. The summed E-state index contributed by atoms with van der Waals surface area (Å²) in [5.41, 5.74) is 7.30. The molecular weight excluding hydrogens is 248 g/mol. The summed E-state index contributed by atoms with van der Waals surface area (Å²) in [6.07, 6.45) is -0.157. The number of aliphatic hydroxyl groups excluding tert-OH is 1. The Bertz CT molecular complexity index is 625. The summed E-state index contributed by atoms with van der Waals surface area (Å²) in [6, 6.07) is 7.09. The molecule has 0 aliphatic heterocycles. The summed E-state index contributed by atoms with van der Waals surface area (Å²) < 4.78 is 4.38. The lowest BCUT2D eigenvalue weighted by molar-refractivity contribution is 0.0849. The number of nitrogen functional groups attached to an aromatic ring is 1. The Morgan fingerprint density at radius 1 is 1.42 bits per heavy atom. The number of hydrogen-bond acceptors (Lipinski definition) is 6. The molecular formula is C12H12N4O3. The summed E-state index contributed by atoms with van der Waals surface area (Å²) >= 11 is 0. The monoisotopic (exact) mass is 260 g/mol. The van der Waals surface area contributed by atoms with Gasteiger partial charge in [-0.2, -0.15) is 0 Å². The second-order valence-corrected chi connectivity index (χ2v) is 4.42. The summed E-state index contributed by atoms with van der Waals surface area (Å²) in [4.78, 5) is 12.0. The van der Waals surface area contributed by atoms with Gasteiger partial charge in [-0.15, -0.1) is 0 Å². The zero-order valence-corrected chi connectivity index (χ0v) is 9.91. The van der Waals surface area contributed by atoms with Gasteiger partial charge >= 0.3 is 0 Å². The van der Waals surface area contributed by atoms with Gasteiger partial charge in [0.25, 0.3) is 5.91 Å². The highest BCUT2D eigenvalue weighted by molar-refractivity contribution is 5.96. The number of aromatic nitrogens is 2. The summed E-state index contributed by atoms with van der Waals surface area (Å²) in [7, 11) is 0. The molecule has 0 bridgehead atoms. The molecule has 7 heteroatoms. The predicted molar refractivity (Wildman–Crippen MR) is 65.1 cm³/mol. The maximum atomic E-state index is 12.0. The lowest BCUT2D eigenvalue weighted by atomic mass is 10.1. The fourth-order valence-electron chi connectivity index (χ4n) is 2.31. The van der Waals surface area contributed by atoms with E-state index in [-0.39, 0.29) is 11.5 Å². The number of aliphatic hydroxyl groups is 1. The Labute approximate surface area is 108 Å². The van der Waals surface area contributed by atoms with Gasteiger partial charge in [-0.05, 0) is 21.4 Å². The third-order valence-corrected chi connectivity index (χ3v) is 3.22. The second-order valence-electron chi connectivity index (χ2n) is 4.42. The molecule has 0 unspecified atom stereocenters. The minimum Gasteiger partial charge on any atom is -0.390 e. The SMILES string of the molecule is Nc1nonc1C(=O)N[C@@H]1c2ccccc2C[C@@H]1O. The van der Waals surface area contributed by atoms with Crippen LogP contribution in [0, 0.1) is 0 Å². The van der Waals surface area contributed by atoms with Crippen molar-refractivity contribution in [1.82, 2.24) is 15.6 Å². The van der Waals surface area contributed by atoms with E-state index in [1.165, 1.54) is 0 Å². The van der Waals surface area contributed by atoms with Gasteiger partial charge in [-0.1, -0.05) is 24.3 Å². The van der Waals surface area contributed by atoms with Crippen LogP contribution < -0.4 is 11.1 Å². The Morgan fingerprint density at radius 3 is 2.95 bits per heavy atom. The normalized spacial score (nSPS) is 21.1. The van der Waals surface area contributed by atoms with Crippen molar-refractivity contribution in [2.75, 3.05) is 5.73 Å². The van der Waals surface area contributed by atoms with E-state index in [0.717, 1.165) is 11.1 Å². The molecule has 3 rings (SSSR count). The minimum atomic E-state index is -0.664. The first-order chi connectivity index (χ1) is 9.16. The largest absolute Gasteiger partial charge is 0.390 e. The molecule has 98 valence electrons. The van der Waals surface area contributed by atoms with E-state index >= 15 is 0 Å². The lowest BCUT2D eigenvalue weighted by Crippen LogP contribution is -2.34. The van der Waals surface area contributed by atoms with E-state index in [9.17, 15) is 9.90 Å². The van der Waals surface area contributed by atoms with Crippen LogP contribution in [0.4, 0.5) is 5.82 Å². The van der Waals surface area contributed by atoms with Crippen LogP contribution in [-0.2, 0) is 6.42 Å². The Hall–Kier alpha value is -2.41. The van der Waals surface area contributed by atoms with Gasteiger partial charge in [0.05, 0.1) is 12.1 Å². The molecule has 0 fully saturated rings. The molecule has 2 aromatic rings. The van der Waals surface area contributed by atoms with Crippen LogP contribution in [0.1, 0.15) is 27.7 Å². The summed E-state index contributed by atoms with van der Waals surface area (Å²) in [6.45, 7) is 0. The first-order valence-corrected chi connectivity index (χ1v) is 5.81. The number of nitrogens with one attached hydrogen (secondary N) is 1. The van der Waals surface area contributed by atoms with Gasteiger partial charge in [-0.3, -0.25) is 4.79 Å². The van der Waals surface area contributed by atoms with Crippen LogP contribution in [0.15, 0.2) is 28.9 Å². The Kier molecular flexibility index (Phi) is 2.68. The number of nitrogens with two attached hydrogens (primary N) is 1. The lowest BCUT2D eigenvalue weighted by Gasteiger charge is -2.16. The van der Waals surface area contributed by atoms with Crippen molar-refractivity contribution in [2.45, 2.75) is 18.6 Å². The first-order valence-electron chi connectivity index (χ1n) is 5.81. The van der Waals surface area contributed by atoms with Crippen LogP contribution in [0.25, 0.3) is 0 Å². The minimum absolute atomic E-state index is 0.0710. The molecule has 7 nitrogen and oxygen atoms in total. The maximum absolute atomic E-state index is 12.0. The second kappa shape index (κ2) is 4.36. The fraction of sp³-hybridized carbons (Fsp3) is 0.250. The van der Waals surface area contributed by atoms with Gasteiger partial charge < -0.3 is 16.2 Å². The molecule has 2 atom stereocenters. The topological polar surface area (TPSA) is 114 Å². The molecule has 1 heterocycles. The van der Waals surface area contributed by atoms with Crippen molar-refractivity contribution in [3.63, 3.8) is 0 Å². The molecule has 1 aliphatic rings. The molecule has 1 aromatic heterocycles. The third-order valence-electron chi connectivity index (χ3n) is 3.22. The summed E-state index contributed by atoms with van der Waals surface area (Å²) in [5, 5.41) is 19.5. The number of fused-ring (bicyclic) bond motifs is 1. The van der Waals surface area contributed by atoms with E-state index in [4.69, 9.17) is 5.73 Å². The van der Waals surface area contributed by atoms with Gasteiger partial charge in [0, 0.05) is 6.42 Å². The quantitative estimate of drug-likeness (QED) is 0.702. The molecule has 19 heavy (non-hydrogen) atoms. The molecule has 0 saturated heterocycles. The number of rotatable bonds is 2. The maximum Gasteiger partial charge on any atom is 0.278 e. The van der Waals surface area contributed by atoms with Crippen LogP contribution in [0.3, 0.4) is 0 Å². The van der Waals surface area contributed by atoms with Gasteiger partial charge in [0.1, 0.15) is 0 Å². The first kappa shape index (κ1) is 11.7. The van der Waals surface area contributed by atoms with Crippen molar-refractivity contribution < 1.29 is 14.5 Å². The molecule has 0 saturated carbocycles. The third kappa shape index (κ3) is 1.93. The van der Waals surface area contributed by atoms with Crippen LogP contribution in [-0.4, -0.2) is 27.4 Å². The van der Waals surface area contributed by atoms with Gasteiger partial charge in [0.2, 0.25) is 11.5 Å². The molecule has 4 N–H and O–H groups in total. The van der Waals surface area contributed by atoms with Crippen molar-refractivity contribution in [2.24, 2.45) is 0 Å². The van der Waals surface area contributed by atoms with Crippen molar-refractivity contribution in [1.29, 1.82) is 0 Å². The predicted octanol–water partition coefficient (Wildman–Crippen LogP) is 0.0399. The highest BCUT2D eigenvalue weighted by atomic mass is 16.6. The number of carbonyl (C=O) groups excluding carboxylic acids is 1. The van der Waals surface area contributed by atoms with Crippen molar-refractivity contribution in [3.05, 3.63) is 41.1 Å². The number of amides is 1. The van der Waals surface area contributed by atoms with Crippen LogP contribution in [0.5, 0.6) is 0 Å².